The maximum atomic E-state index is 11.9. The molecule has 0 bridgehead atoms. The van der Waals surface area contributed by atoms with Crippen molar-refractivity contribution in [2.45, 2.75) is 19.9 Å². The fraction of sp³-hybridized carbons (Fsp3) is 0.438. The van der Waals surface area contributed by atoms with Crippen LogP contribution in [-0.4, -0.2) is 37.5 Å². The minimum absolute atomic E-state index is 0.0672. The Bertz CT molecular complexity index is 449. The summed E-state index contributed by atoms with van der Waals surface area (Å²) in [6.45, 7) is 5.05. The third-order valence-electron chi connectivity index (χ3n) is 3.06. The van der Waals surface area contributed by atoms with Gasteiger partial charge in [-0.1, -0.05) is 26.0 Å². The lowest BCUT2D eigenvalue weighted by atomic mass is 10.0. The van der Waals surface area contributed by atoms with E-state index >= 15 is 0 Å². The number of nitrogen functional groups attached to an aromatic ring is 1. The van der Waals surface area contributed by atoms with Crippen molar-refractivity contribution in [3.8, 4) is 0 Å². The number of carbonyl (C=O) groups excluding carboxylic acids is 1. The van der Waals surface area contributed by atoms with Gasteiger partial charge in [-0.2, -0.15) is 0 Å². The van der Waals surface area contributed by atoms with Crippen LogP contribution >= 0.6 is 0 Å². The van der Waals surface area contributed by atoms with E-state index in [0.717, 1.165) is 17.8 Å². The van der Waals surface area contributed by atoms with Gasteiger partial charge >= 0.3 is 0 Å². The van der Waals surface area contributed by atoms with Gasteiger partial charge in [-0.15, -0.1) is 0 Å². The summed E-state index contributed by atoms with van der Waals surface area (Å²) in [5.41, 5.74) is 7.30. The number of nitrogens with one attached hydrogen (secondary N) is 1. The number of anilines is 1. The number of likely N-dealkylation sites (N-methyl/N-ethyl adjacent to an activating group) is 1. The van der Waals surface area contributed by atoms with E-state index in [1.165, 1.54) is 0 Å². The minimum atomic E-state index is -0.0672. The largest absolute Gasteiger partial charge is 0.399 e. The normalized spacial score (nSPS) is 13.1. The van der Waals surface area contributed by atoms with E-state index in [4.69, 9.17) is 5.73 Å². The van der Waals surface area contributed by atoms with Crippen LogP contribution in [0.25, 0.3) is 6.08 Å². The second kappa shape index (κ2) is 7.70. The van der Waals surface area contributed by atoms with Gasteiger partial charge in [0.1, 0.15) is 0 Å². The number of amides is 1. The van der Waals surface area contributed by atoms with Gasteiger partial charge in [-0.3, -0.25) is 4.79 Å². The maximum absolute atomic E-state index is 11.9. The van der Waals surface area contributed by atoms with Gasteiger partial charge in [0.15, 0.2) is 0 Å². The molecule has 1 aromatic rings. The predicted octanol–water partition coefficient (Wildman–Crippen LogP) is 1.98. The Balaban J connectivity index is 2.58. The second-order valence-corrected chi connectivity index (χ2v) is 5.62. The molecular formula is C16H25N3O. The summed E-state index contributed by atoms with van der Waals surface area (Å²) >= 11 is 0. The standard InChI is InChI=1S/C16H25N3O/c1-12(2)15(11-19(3)4)18-16(20)10-7-13-5-8-14(17)9-6-13/h5-10,12,15H,11,17H2,1-4H3,(H,18,20)/b10-7+. The lowest BCUT2D eigenvalue weighted by Gasteiger charge is -2.25. The Labute approximate surface area is 121 Å². The molecule has 0 aliphatic carbocycles. The molecule has 0 aliphatic heterocycles. The van der Waals surface area contributed by atoms with Crippen molar-refractivity contribution in [3.63, 3.8) is 0 Å². The van der Waals surface area contributed by atoms with Gasteiger partial charge in [-0.05, 0) is 43.8 Å². The fourth-order valence-electron chi connectivity index (χ4n) is 1.83. The average Bonchev–Trinajstić information content (AvgIpc) is 2.36. The SMILES string of the molecule is CC(C)C(CN(C)C)NC(=O)/C=C/c1ccc(N)cc1. The van der Waals surface area contributed by atoms with Gasteiger partial charge in [0.25, 0.3) is 0 Å². The molecule has 110 valence electrons. The Morgan fingerprint density at radius 2 is 1.90 bits per heavy atom. The highest BCUT2D eigenvalue weighted by Gasteiger charge is 2.15. The van der Waals surface area contributed by atoms with Crippen molar-refractivity contribution in [1.82, 2.24) is 10.2 Å². The first kappa shape index (κ1) is 16.2. The molecule has 1 amide bonds. The lowest BCUT2D eigenvalue weighted by molar-refractivity contribution is -0.117. The van der Waals surface area contributed by atoms with E-state index < -0.39 is 0 Å². The quantitative estimate of drug-likeness (QED) is 0.616. The molecule has 0 radical (unpaired) electrons. The molecule has 0 heterocycles. The molecular weight excluding hydrogens is 250 g/mol. The topological polar surface area (TPSA) is 58.4 Å². The first-order valence-electron chi connectivity index (χ1n) is 6.87. The third-order valence-corrected chi connectivity index (χ3v) is 3.06. The molecule has 1 aromatic carbocycles. The van der Waals surface area contributed by atoms with Gasteiger partial charge in [0.2, 0.25) is 5.91 Å². The molecule has 0 aliphatic rings. The molecule has 1 unspecified atom stereocenters. The zero-order valence-electron chi connectivity index (χ0n) is 12.8. The summed E-state index contributed by atoms with van der Waals surface area (Å²) in [6.07, 6.45) is 3.36. The summed E-state index contributed by atoms with van der Waals surface area (Å²) in [5.74, 6) is 0.327. The predicted molar refractivity (Wildman–Crippen MR) is 85.2 cm³/mol. The van der Waals surface area contributed by atoms with Crippen molar-refractivity contribution in [2.24, 2.45) is 5.92 Å². The first-order valence-corrected chi connectivity index (χ1v) is 6.87. The monoisotopic (exact) mass is 275 g/mol. The number of nitrogens with two attached hydrogens (primary N) is 1. The van der Waals surface area contributed by atoms with Crippen molar-refractivity contribution < 1.29 is 4.79 Å². The smallest absolute Gasteiger partial charge is 0.244 e. The van der Waals surface area contributed by atoms with E-state index in [0.29, 0.717) is 5.92 Å². The van der Waals surface area contributed by atoms with Crippen LogP contribution in [0.2, 0.25) is 0 Å². The zero-order valence-corrected chi connectivity index (χ0v) is 12.8. The van der Waals surface area contributed by atoms with Gasteiger partial charge in [-0.25, -0.2) is 0 Å². The molecule has 0 spiro atoms. The summed E-state index contributed by atoms with van der Waals surface area (Å²) in [4.78, 5) is 14.0. The molecule has 0 fully saturated rings. The number of nitrogens with zero attached hydrogens (tertiary/aromatic N) is 1. The third kappa shape index (κ3) is 5.89. The molecule has 0 saturated carbocycles. The van der Waals surface area contributed by atoms with Crippen LogP contribution in [0.3, 0.4) is 0 Å². The molecule has 3 N–H and O–H groups in total. The van der Waals surface area contributed by atoms with Crippen LogP contribution in [0, 0.1) is 5.92 Å². The van der Waals surface area contributed by atoms with E-state index in [9.17, 15) is 4.79 Å². The molecule has 0 saturated heterocycles. The van der Waals surface area contributed by atoms with Crippen molar-refractivity contribution in [2.75, 3.05) is 26.4 Å². The highest BCUT2D eigenvalue weighted by molar-refractivity contribution is 5.91. The highest BCUT2D eigenvalue weighted by Crippen LogP contribution is 2.07. The Morgan fingerprint density at radius 3 is 2.40 bits per heavy atom. The van der Waals surface area contributed by atoms with Crippen molar-refractivity contribution in [3.05, 3.63) is 35.9 Å². The van der Waals surface area contributed by atoms with Crippen LogP contribution < -0.4 is 11.1 Å². The summed E-state index contributed by atoms with van der Waals surface area (Å²) in [7, 11) is 4.01. The van der Waals surface area contributed by atoms with Crippen LogP contribution in [-0.2, 0) is 4.79 Å². The van der Waals surface area contributed by atoms with E-state index in [-0.39, 0.29) is 11.9 Å². The fourth-order valence-corrected chi connectivity index (χ4v) is 1.83. The molecule has 4 nitrogen and oxygen atoms in total. The zero-order chi connectivity index (χ0) is 15.1. The average molecular weight is 275 g/mol. The van der Waals surface area contributed by atoms with Gasteiger partial charge in [0, 0.05) is 24.4 Å². The number of hydrogen-bond donors (Lipinski definition) is 2. The van der Waals surface area contributed by atoms with E-state index in [1.54, 1.807) is 12.2 Å². The molecule has 0 aromatic heterocycles. The van der Waals surface area contributed by atoms with Crippen molar-refractivity contribution >= 4 is 17.7 Å². The Hall–Kier alpha value is -1.81. The van der Waals surface area contributed by atoms with Gasteiger partial charge < -0.3 is 16.0 Å². The summed E-state index contributed by atoms with van der Waals surface area (Å²) < 4.78 is 0. The second-order valence-electron chi connectivity index (χ2n) is 5.62. The Morgan fingerprint density at radius 1 is 1.30 bits per heavy atom. The first-order chi connectivity index (χ1) is 9.38. The molecule has 1 rings (SSSR count). The molecule has 1 atom stereocenters. The van der Waals surface area contributed by atoms with Crippen LogP contribution in [0.5, 0.6) is 0 Å². The number of benzene rings is 1. The highest BCUT2D eigenvalue weighted by atomic mass is 16.1. The van der Waals surface area contributed by atoms with Gasteiger partial charge in [0.05, 0.1) is 0 Å². The van der Waals surface area contributed by atoms with E-state index in [1.807, 2.05) is 38.4 Å². The molecule has 20 heavy (non-hydrogen) atoms. The lowest BCUT2D eigenvalue weighted by Crippen LogP contribution is -2.44. The number of carbonyl (C=O) groups is 1. The minimum Gasteiger partial charge on any atom is -0.399 e. The molecule has 4 heteroatoms. The van der Waals surface area contributed by atoms with Crippen LogP contribution in [0.4, 0.5) is 5.69 Å². The summed E-state index contributed by atoms with van der Waals surface area (Å²) in [5, 5.41) is 3.04. The number of rotatable bonds is 6. The number of hydrogen-bond acceptors (Lipinski definition) is 3. The van der Waals surface area contributed by atoms with Crippen LogP contribution in [0.1, 0.15) is 19.4 Å². The van der Waals surface area contributed by atoms with Crippen LogP contribution in [0.15, 0.2) is 30.3 Å². The van der Waals surface area contributed by atoms with Crippen molar-refractivity contribution in [1.29, 1.82) is 0 Å². The Kier molecular flexibility index (Phi) is 6.25. The summed E-state index contributed by atoms with van der Waals surface area (Å²) in [6, 6.07) is 7.56. The van der Waals surface area contributed by atoms with E-state index in [2.05, 4.69) is 24.1 Å². The maximum Gasteiger partial charge on any atom is 0.244 e.